The average molecular weight is 282 g/mol. The molecule has 0 aliphatic carbocycles. The van der Waals surface area contributed by atoms with Gasteiger partial charge in [-0.3, -0.25) is 0 Å². The van der Waals surface area contributed by atoms with Crippen LogP contribution in [0, 0.1) is 0 Å². The minimum absolute atomic E-state index is 0. The summed E-state index contributed by atoms with van der Waals surface area (Å²) >= 11 is 0. The van der Waals surface area contributed by atoms with Gasteiger partial charge in [0.05, 0.1) is 0 Å². The Kier molecular flexibility index (Phi) is 9.47. The first kappa shape index (κ1) is 18.1. The molecule has 2 N–H and O–H groups in total. The van der Waals surface area contributed by atoms with Crippen molar-refractivity contribution in [3.05, 3.63) is 78.4 Å². The zero-order valence-electron chi connectivity index (χ0n) is 11.8. The molecule has 0 radical (unpaired) electrons. The van der Waals surface area contributed by atoms with Crippen LogP contribution in [-0.2, 0) is 0 Å². The molecule has 0 fully saturated rings. The summed E-state index contributed by atoms with van der Waals surface area (Å²) in [5.41, 5.74) is 3.43. The maximum absolute atomic E-state index is 8.56. The largest absolute Gasteiger partial charge is 1.00 e. The van der Waals surface area contributed by atoms with Crippen molar-refractivity contribution in [3.63, 3.8) is 0 Å². The van der Waals surface area contributed by atoms with Gasteiger partial charge in [-0.15, -0.1) is 0 Å². The minimum Gasteiger partial charge on any atom is -1.00 e. The van der Waals surface area contributed by atoms with E-state index in [9.17, 15) is 0 Å². The second-order valence-electron chi connectivity index (χ2n) is 3.49. The quantitative estimate of drug-likeness (QED) is 0.811. The molecule has 3 nitrogen and oxygen atoms in total. The molecule has 0 spiro atoms. The van der Waals surface area contributed by atoms with E-state index >= 15 is 0 Å². The molecule has 2 rings (SSSR count). The summed E-state index contributed by atoms with van der Waals surface area (Å²) in [6.45, 7) is 4.10. The maximum Gasteiger partial charge on any atom is 1.00 e. The summed E-state index contributed by atoms with van der Waals surface area (Å²) in [4.78, 5) is 8.56. The Morgan fingerprint density at radius 2 is 1.11 bits per heavy atom. The van der Waals surface area contributed by atoms with Gasteiger partial charge in [0.25, 0.3) is 0 Å². The molecule has 0 aliphatic rings. The molecule has 0 atom stereocenters. The molecule has 0 unspecified atom stereocenters. The fourth-order valence-electron chi connectivity index (χ4n) is 1.45. The van der Waals surface area contributed by atoms with Crippen LogP contribution in [0.15, 0.2) is 67.2 Å². The standard InChI is InChI=1S/C14H12.CH2O3.K.H/c1-12(13-8-4-2-5-9-13)14-10-6-3-7-11-14;2-1(3)4;;/h2-11H,1H2;(H2,2,3,4);;/q;;+1;-1. The number of rotatable bonds is 2. The predicted octanol–water partition coefficient (Wildman–Crippen LogP) is 1.09. The van der Waals surface area contributed by atoms with E-state index in [1.165, 1.54) is 11.1 Å². The molecule has 2 aromatic carbocycles. The Morgan fingerprint density at radius 3 is 1.37 bits per heavy atom. The Balaban J connectivity index is 0. The number of carboxylic acid groups (broad SMARTS) is 2. The molecule has 0 aromatic heterocycles. The van der Waals surface area contributed by atoms with Gasteiger partial charge in [-0.25, -0.2) is 4.79 Å². The van der Waals surface area contributed by atoms with Gasteiger partial charge in [0, 0.05) is 0 Å². The van der Waals surface area contributed by atoms with Gasteiger partial charge in [-0.05, 0) is 16.7 Å². The normalized spacial score (nSPS) is 8.42. The van der Waals surface area contributed by atoms with Gasteiger partial charge >= 0.3 is 57.5 Å². The van der Waals surface area contributed by atoms with E-state index in [1.807, 2.05) is 36.4 Å². The zero-order valence-corrected chi connectivity index (χ0v) is 13.9. The van der Waals surface area contributed by atoms with Gasteiger partial charge in [0.2, 0.25) is 0 Å². The SMILES string of the molecule is C=C(c1ccccc1)c1ccccc1.O=C(O)O.[H-].[K+]. The van der Waals surface area contributed by atoms with Crippen molar-refractivity contribution >= 4 is 11.7 Å². The van der Waals surface area contributed by atoms with Crippen molar-refractivity contribution in [3.8, 4) is 0 Å². The monoisotopic (exact) mass is 282 g/mol. The van der Waals surface area contributed by atoms with Crippen molar-refractivity contribution in [1.29, 1.82) is 0 Å². The topological polar surface area (TPSA) is 57.5 Å². The summed E-state index contributed by atoms with van der Waals surface area (Å²) < 4.78 is 0. The fourth-order valence-corrected chi connectivity index (χ4v) is 1.45. The van der Waals surface area contributed by atoms with Crippen molar-refractivity contribution in [2.45, 2.75) is 0 Å². The summed E-state index contributed by atoms with van der Waals surface area (Å²) in [6.07, 6.45) is -1.83. The molecule has 2 aromatic rings. The van der Waals surface area contributed by atoms with Gasteiger partial charge in [0.1, 0.15) is 0 Å². The van der Waals surface area contributed by atoms with E-state index < -0.39 is 6.16 Å². The summed E-state index contributed by atoms with van der Waals surface area (Å²) in [6, 6.07) is 20.5. The van der Waals surface area contributed by atoms with E-state index in [4.69, 9.17) is 15.0 Å². The van der Waals surface area contributed by atoms with Crippen LogP contribution in [0.3, 0.4) is 0 Å². The molecular weight excluding hydrogens is 267 g/mol. The maximum atomic E-state index is 8.56. The molecule has 0 bridgehead atoms. The van der Waals surface area contributed by atoms with Crippen LogP contribution in [0.4, 0.5) is 4.79 Å². The molecule has 94 valence electrons. The van der Waals surface area contributed by atoms with Crippen LogP contribution in [0.1, 0.15) is 12.6 Å². The zero-order chi connectivity index (χ0) is 13.4. The first-order chi connectivity index (χ1) is 8.61. The second kappa shape index (κ2) is 9.94. The smallest absolute Gasteiger partial charge is 1.00 e. The van der Waals surface area contributed by atoms with Crippen LogP contribution in [0.2, 0.25) is 0 Å². The molecule has 0 heterocycles. The summed E-state index contributed by atoms with van der Waals surface area (Å²) in [5.74, 6) is 0. The van der Waals surface area contributed by atoms with Crippen molar-refractivity contribution < 1.29 is 67.8 Å². The van der Waals surface area contributed by atoms with E-state index in [1.54, 1.807) is 0 Å². The number of carbonyl (C=O) groups is 1. The second-order valence-corrected chi connectivity index (χ2v) is 3.49. The van der Waals surface area contributed by atoms with E-state index in [2.05, 4.69) is 30.8 Å². The van der Waals surface area contributed by atoms with Crippen molar-refractivity contribution in [1.82, 2.24) is 0 Å². The van der Waals surface area contributed by atoms with Crippen LogP contribution < -0.4 is 51.4 Å². The van der Waals surface area contributed by atoms with E-state index in [-0.39, 0.29) is 52.8 Å². The van der Waals surface area contributed by atoms with Gasteiger partial charge < -0.3 is 11.6 Å². The van der Waals surface area contributed by atoms with Crippen molar-refractivity contribution in [2.75, 3.05) is 0 Å². The number of benzene rings is 2. The Labute approximate surface area is 156 Å². The fraction of sp³-hybridized carbons (Fsp3) is 0. The third kappa shape index (κ3) is 7.30. The van der Waals surface area contributed by atoms with Gasteiger partial charge in [0.15, 0.2) is 0 Å². The predicted molar refractivity (Wildman–Crippen MR) is 72.8 cm³/mol. The van der Waals surface area contributed by atoms with Crippen LogP contribution in [-0.4, -0.2) is 16.4 Å². The molecule has 0 saturated carbocycles. The molecule has 19 heavy (non-hydrogen) atoms. The van der Waals surface area contributed by atoms with Crippen LogP contribution in [0.5, 0.6) is 0 Å². The third-order valence-electron chi connectivity index (χ3n) is 2.24. The summed E-state index contributed by atoms with van der Waals surface area (Å²) in [7, 11) is 0. The van der Waals surface area contributed by atoms with Gasteiger partial charge in [-0.2, -0.15) is 0 Å². The third-order valence-corrected chi connectivity index (χ3v) is 2.24. The first-order valence-electron chi connectivity index (χ1n) is 5.33. The molecule has 0 aliphatic heterocycles. The molecule has 4 heteroatoms. The molecule has 0 saturated heterocycles. The molecule has 0 amide bonds. The van der Waals surface area contributed by atoms with Gasteiger partial charge in [-0.1, -0.05) is 67.2 Å². The van der Waals surface area contributed by atoms with Crippen molar-refractivity contribution in [2.24, 2.45) is 0 Å². The molecular formula is C15H15KO3. The Morgan fingerprint density at radius 1 is 0.842 bits per heavy atom. The first-order valence-corrected chi connectivity index (χ1v) is 5.33. The van der Waals surface area contributed by atoms with E-state index in [0.717, 1.165) is 5.57 Å². The number of hydrogen-bond acceptors (Lipinski definition) is 1. The van der Waals surface area contributed by atoms with E-state index in [0.29, 0.717) is 0 Å². The van der Waals surface area contributed by atoms with Crippen LogP contribution in [0.25, 0.3) is 5.57 Å². The Bertz CT molecular complexity index is 470. The summed E-state index contributed by atoms with van der Waals surface area (Å²) in [5, 5.41) is 13.9. The number of hydrogen-bond donors (Lipinski definition) is 2. The van der Waals surface area contributed by atoms with Crippen LogP contribution >= 0.6 is 0 Å². The minimum atomic E-state index is -1.83. The Hall–Kier alpha value is -0.914. The average Bonchev–Trinajstić information content (AvgIpc) is 2.39.